The van der Waals surface area contributed by atoms with Crippen LogP contribution in [-0.2, 0) is 4.79 Å². The van der Waals surface area contributed by atoms with E-state index in [0.717, 1.165) is 0 Å². The third-order valence-corrected chi connectivity index (χ3v) is 2.03. The average Bonchev–Trinajstić information content (AvgIpc) is 2.20. The molecule has 0 fully saturated rings. The molecule has 0 unspecified atom stereocenters. The Morgan fingerprint density at radius 1 is 1.89 bits per heavy atom. The monoisotopic (exact) mass is 185 g/mol. The molecule has 9 heavy (non-hydrogen) atoms. The number of carboxylic acid groups (broad SMARTS) is 1. The predicted octanol–water partition coefficient (Wildman–Crippen LogP) is -1.37. The van der Waals surface area contributed by atoms with Crippen LogP contribution < -0.4 is 3.11 Å². The zero-order chi connectivity index (χ0) is 7.11. The fraction of sp³-hybridized carbons (Fsp3) is 0. The molecule has 0 amide bonds. The topological polar surface area (TPSA) is 50.2 Å². The van der Waals surface area contributed by atoms with Crippen LogP contribution in [0.3, 0.4) is 0 Å². The quantitative estimate of drug-likeness (QED) is 0.400. The summed E-state index contributed by atoms with van der Waals surface area (Å²) in [7, 11) is 0. The first-order valence-electron chi connectivity index (χ1n) is 2.24. The fourth-order valence-electron chi connectivity index (χ4n) is 0.279. The third kappa shape index (κ3) is 5.87. The van der Waals surface area contributed by atoms with Gasteiger partial charge in [-0.2, -0.15) is 0 Å². The van der Waals surface area contributed by atoms with Crippen molar-refractivity contribution in [2.24, 2.45) is 0 Å². The van der Waals surface area contributed by atoms with Gasteiger partial charge in [0.2, 0.25) is 0 Å². The van der Waals surface area contributed by atoms with Crippen molar-refractivity contribution >= 4 is 41.8 Å². The summed E-state index contributed by atoms with van der Waals surface area (Å²) in [6.45, 7) is -0.250. The minimum absolute atomic E-state index is 0.250. The maximum absolute atomic E-state index is 8.36. The zero-order valence-electron chi connectivity index (χ0n) is 4.94. The Morgan fingerprint density at radius 2 is 2.44 bits per heavy atom. The van der Waals surface area contributed by atoms with Gasteiger partial charge in [0.15, 0.2) is 0 Å². The number of hydrogen-bond acceptors (Lipinski definition) is 2. The molecule has 5 heteroatoms. The van der Waals surface area contributed by atoms with E-state index in [2.05, 4.69) is 22.7 Å². The van der Waals surface area contributed by atoms with Crippen molar-refractivity contribution in [1.29, 1.82) is 0 Å². The van der Waals surface area contributed by atoms with Crippen molar-refractivity contribution < 1.29 is 9.90 Å². The van der Waals surface area contributed by atoms with Gasteiger partial charge in [-0.1, -0.05) is 0 Å². The summed E-state index contributed by atoms with van der Waals surface area (Å²) in [5, 5.41) is 8.86. The van der Waals surface area contributed by atoms with Crippen molar-refractivity contribution in [1.82, 2.24) is 4.98 Å². The fourth-order valence-corrected chi connectivity index (χ4v) is 1.14. The number of aromatic nitrogens is 1. The molecule has 0 aliphatic heterocycles. The van der Waals surface area contributed by atoms with Gasteiger partial charge in [-0.15, -0.1) is 0 Å². The molecular formula is C4H4LiNO2Se. The molecule has 0 aliphatic carbocycles. The zero-order valence-corrected chi connectivity index (χ0v) is 6.66. The molecule has 0 radical (unpaired) electrons. The summed E-state index contributed by atoms with van der Waals surface area (Å²) in [6, 6.07) is 0. The molecule has 1 aromatic heterocycles. The number of nitrogens with zero attached hydrogens (tertiary/aromatic N) is 1. The predicted molar refractivity (Wildman–Crippen MR) is 35.3 cm³/mol. The first kappa shape index (κ1) is 9.00. The van der Waals surface area contributed by atoms with Crippen molar-refractivity contribution in [3.63, 3.8) is 0 Å². The molecule has 0 atom stereocenters. The number of hydrogen-bond donors (Lipinski definition) is 1. The van der Waals surface area contributed by atoms with Crippen LogP contribution in [0.1, 0.15) is 0 Å². The van der Waals surface area contributed by atoms with Crippen LogP contribution >= 0.6 is 0 Å². The Hall–Kier alpha value is -0.00312. The summed E-state index contributed by atoms with van der Waals surface area (Å²) in [6.07, 6.45) is 1.92. The molecule has 1 N–H and O–H groups in total. The molecule has 0 saturated carbocycles. The molecule has 44 valence electrons. The normalized spacial score (nSPS) is 7.33. The van der Waals surface area contributed by atoms with Gasteiger partial charge in [-0.05, 0) is 0 Å². The van der Waals surface area contributed by atoms with E-state index in [0.29, 0.717) is 14.5 Å². The van der Waals surface area contributed by atoms with Gasteiger partial charge < -0.3 is 5.11 Å². The van der Waals surface area contributed by atoms with Crippen molar-refractivity contribution in [2.45, 2.75) is 0 Å². The number of carbonyl (C=O) groups is 1. The van der Waals surface area contributed by atoms with Gasteiger partial charge in [-0.3, -0.25) is 4.79 Å². The van der Waals surface area contributed by atoms with Crippen LogP contribution in [0.25, 0.3) is 0 Å². The molecular weight excluding hydrogens is 180 g/mol. The summed E-state index contributed by atoms with van der Waals surface area (Å²) in [5.41, 5.74) is 0. The Labute approximate surface area is 68.1 Å². The van der Waals surface area contributed by atoms with Crippen molar-refractivity contribution in [3.05, 3.63) is 11.3 Å². The average molecular weight is 184 g/mol. The molecule has 0 bridgehead atoms. The molecule has 3 nitrogen and oxygen atoms in total. The van der Waals surface area contributed by atoms with Crippen molar-refractivity contribution in [2.75, 3.05) is 0 Å². The van der Waals surface area contributed by atoms with Gasteiger partial charge in [0, 0.05) is 0 Å². The first-order chi connectivity index (χ1) is 4.31. The third-order valence-electron chi connectivity index (χ3n) is 0.556. The van der Waals surface area contributed by atoms with Gasteiger partial charge in [-0.25, -0.2) is 0 Å². The SMILES string of the molecule is O=CO.[Li][c]1cnc[se]1. The van der Waals surface area contributed by atoms with Crippen LogP contribution in [0, 0.1) is 0 Å². The Kier molecular flexibility index (Phi) is 6.12. The van der Waals surface area contributed by atoms with E-state index in [1.807, 2.05) is 11.3 Å². The molecule has 1 heterocycles. The summed E-state index contributed by atoms with van der Waals surface area (Å²) in [4.78, 5) is 12.3. The molecule has 0 aliphatic rings. The van der Waals surface area contributed by atoms with Crippen LogP contribution in [0.2, 0.25) is 0 Å². The van der Waals surface area contributed by atoms with Gasteiger partial charge >= 0.3 is 51.6 Å². The first-order valence-corrected chi connectivity index (χ1v) is 4.08. The van der Waals surface area contributed by atoms with Crippen LogP contribution in [0.15, 0.2) is 11.3 Å². The van der Waals surface area contributed by atoms with Gasteiger partial charge in [0.1, 0.15) is 0 Å². The molecule has 0 spiro atoms. The van der Waals surface area contributed by atoms with Gasteiger partial charge in [0.05, 0.1) is 0 Å². The van der Waals surface area contributed by atoms with E-state index in [9.17, 15) is 0 Å². The van der Waals surface area contributed by atoms with E-state index in [1.165, 1.54) is 3.11 Å². The van der Waals surface area contributed by atoms with Crippen LogP contribution in [-0.4, -0.2) is 48.8 Å². The summed E-state index contributed by atoms with van der Waals surface area (Å²) >= 11 is 2.70. The van der Waals surface area contributed by atoms with E-state index in [-0.39, 0.29) is 6.47 Å². The van der Waals surface area contributed by atoms with Gasteiger partial charge in [0.25, 0.3) is 6.47 Å². The van der Waals surface area contributed by atoms with E-state index in [1.54, 1.807) is 0 Å². The van der Waals surface area contributed by atoms with E-state index < -0.39 is 0 Å². The maximum atomic E-state index is 8.36. The molecule has 1 aromatic rings. The van der Waals surface area contributed by atoms with Crippen LogP contribution in [0.4, 0.5) is 0 Å². The van der Waals surface area contributed by atoms with Crippen LogP contribution in [0.5, 0.6) is 0 Å². The van der Waals surface area contributed by atoms with E-state index in [4.69, 9.17) is 9.90 Å². The number of rotatable bonds is 0. The molecule has 0 saturated heterocycles. The second-order valence-electron chi connectivity index (χ2n) is 1.22. The Balaban J connectivity index is 0.000000187. The van der Waals surface area contributed by atoms with E-state index >= 15 is 0 Å². The summed E-state index contributed by atoms with van der Waals surface area (Å²) in [5.74, 6) is 0. The molecule has 1 rings (SSSR count). The molecule has 0 aromatic carbocycles. The van der Waals surface area contributed by atoms with Crippen molar-refractivity contribution in [3.8, 4) is 0 Å². The Morgan fingerprint density at radius 3 is 2.56 bits per heavy atom. The Bertz CT molecular complexity index is 154. The standard InChI is InChI=1S/C3H2NSe.CH2O2.Li/c1-2-5-3-4-1;2-1-3;/h1,3H;1H,(H,2,3);. The second-order valence-corrected chi connectivity index (χ2v) is 3.51. The second kappa shape index (κ2) is 6.12. The summed E-state index contributed by atoms with van der Waals surface area (Å²) < 4.78 is 1.42. The minimum atomic E-state index is -0.250.